The van der Waals surface area contributed by atoms with Crippen LogP contribution in [0.5, 0.6) is 0 Å². The molecule has 0 atom stereocenters. The van der Waals surface area contributed by atoms with Gasteiger partial charge in [0, 0.05) is 31.5 Å². The number of ketones is 1. The number of halogens is 1. The van der Waals surface area contributed by atoms with E-state index in [0.29, 0.717) is 18.6 Å². The Labute approximate surface area is 101 Å². The van der Waals surface area contributed by atoms with Gasteiger partial charge in [-0.15, -0.1) is 0 Å². The van der Waals surface area contributed by atoms with Gasteiger partial charge in [0.05, 0.1) is 0 Å². The van der Waals surface area contributed by atoms with Crippen LogP contribution in [0.1, 0.15) is 32.3 Å². The zero-order chi connectivity index (χ0) is 12.5. The molecule has 92 valence electrons. The molecule has 1 saturated heterocycles. The number of piperidine rings is 1. The van der Waals surface area contributed by atoms with E-state index in [1.165, 1.54) is 12.1 Å². The molecule has 0 saturated carbocycles. The Bertz CT molecular complexity index is 411. The molecule has 0 radical (unpaired) electrons. The average molecular weight is 235 g/mol. The number of hydrogen-bond acceptors (Lipinski definition) is 2. The quantitative estimate of drug-likeness (QED) is 0.785. The Hall–Kier alpha value is -1.22. The second-order valence-corrected chi connectivity index (χ2v) is 5.33. The fourth-order valence-corrected chi connectivity index (χ4v) is 2.35. The Morgan fingerprint density at radius 1 is 1.29 bits per heavy atom. The molecule has 1 aliphatic rings. The van der Waals surface area contributed by atoms with Crippen molar-refractivity contribution >= 4 is 5.78 Å². The normalized spacial score (nSPS) is 20.5. The van der Waals surface area contributed by atoms with E-state index in [1.807, 2.05) is 12.1 Å². The predicted molar refractivity (Wildman–Crippen MR) is 65.1 cm³/mol. The standard InChI is InChI=1S/C14H18FNO/c1-14(2)9-13(17)7-8-16(14)10-11-3-5-12(15)6-4-11/h3-6H,7-10H2,1-2H3. The third-order valence-corrected chi connectivity index (χ3v) is 3.43. The van der Waals surface area contributed by atoms with E-state index in [1.54, 1.807) is 0 Å². The maximum absolute atomic E-state index is 12.8. The first-order chi connectivity index (χ1) is 7.97. The van der Waals surface area contributed by atoms with E-state index in [9.17, 15) is 9.18 Å². The smallest absolute Gasteiger partial charge is 0.136 e. The number of nitrogens with zero attached hydrogens (tertiary/aromatic N) is 1. The molecular formula is C14H18FNO. The van der Waals surface area contributed by atoms with Gasteiger partial charge in [-0.05, 0) is 31.5 Å². The zero-order valence-electron chi connectivity index (χ0n) is 10.4. The molecule has 1 heterocycles. The van der Waals surface area contributed by atoms with Crippen molar-refractivity contribution in [1.29, 1.82) is 0 Å². The van der Waals surface area contributed by atoms with Gasteiger partial charge < -0.3 is 0 Å². The molecule has 0 spiro atoms. The van der Waals surface area contributed by atoms with Gasteiger partial charge >= 0.3 is 0 Å². The fourth-order valence-electron chi connectivity index (χ4n) is 2.35. The molecule has 0 amide bonds. The number of likely N-dealkylation sites (tertiary alicyclic amines) is 1. The molecule has 1 aromatic carbocycles. The summed E-state index contributed by atoms with van der Waals surface area (Å²) in [5.74, 6) is 0.132. The summed E-state index contributed by atoms with van der Waals surface area (Å²) in [6, 6.07) is 6.58. The molecule has 0 aliphatic carbocycles. The van der Waals surface area contributed by atoms with Gasteiger partial charge in [0.1, 0.15) is 11.6 Å². The summed E-state index contributed by atoms with van der Waals surface area (Å²) < 4.78 is 12.8. The van der Waals surface area contributed by atoms with Crippen LogP contribution >= 0.6 is 0 Å². The second kappa shape index (κ2) is 4.57. The maximum atomic E-state index is 12.8. The summed E-state index contributed by atoms with van der Waals surface area (Å²) in [4.78, 5) is 13.7. The van der Waals surface area contributed by atoms with Crippen molar-refractivity contribution in [3.05, 3.63) is 35.6 Å². The number of carbonyl (C=O) groups is 1. The maximum Gasteiger partial charge on any atom is 0.136 e. The lowest BCUT2D eigenvalue weighted by Gasteiger charge is -2.41. The van der Waals surface area contributed by atoms with Gasteiger partial charge in [0.25, 0.3) is 0 Å². The van der Waals surface area contributed by atoms with Crippen LogP contribution in [0, 0.1) is 5.82 Å². The van der Waals surface area contributed by atoms with Crippen molar-refractivity contribution in [3.63, 3.8) is 0 Å². The summed E-state index contributed by atoms with van der Waals surface area (Å²) in [6.07, 6.45) is 1.23. The summed E-state index contributed by atoms with van der Waals surface area (Å²) in [6.45, 7) is 5.75. The van der Waals surface area contributed by atoms with Crippen molar-refractivity contribution in [2.45, 2.75) is 38.8 Å². The lowest BCUT2D eigenvalue weighted by molar-refractivity contribution is -0.125. The first kappa shape index (κ1) is 12.2. The van der Waals surface area contributed by atoms with Crippen LogP contribution in [-0.2, 0) is 11.3 Å². The summed E-state index contributed by atoms with van der Waals surface area (Å²) in [7, 11) is 0. The SMILES string of the molecule is CC1(C)CC(=O)CCN1Cc1ccc(F)cc1. The predicted octanol–water partition coefficient (Wildman–Crippen LogP) is 2.77. The lowest BCUT2D eigenvalue weighted by atomic mass is 9.89. The Balaban J connectivity index is 2.08. The summed E-state index contributed by atoms with van der Waals surface area (Å²) >= 11 is 0. The number of Topliss-reactive ketones (excluding diaryl/α,β-unsaturated/α-hetero) is 1. The van der Waals surface area contributed by atoms with Crippen molar-refractivity contribution < 1.29 is 9.18 Å². The molecule has 17 heavy (non-hydrogen) atoms. The number of rotatable bonds is 2. The minimum absolute atomic E-state index is 0.0935. The first-order valence-electron chi connectivity index (χ1n) is 5.98. The fraction of sp³-hybridized carbons (Fsp3) is 0.500. The van der Waals surface area contributed by atoms with Gasteiger partial charge in [-0.2, -0.15) is 0 Å². The molecule has 0 aromatic heterocycles. The summed E-state index contributed by atoms with van der Waals surface area (Å²) in [5, 5.41) is 0. The molecular weight excluding hydrogens is 217 g/mol. The molecule has 2 rings (SSSR count). The van der Waals surface area contributed by atoms with Crippen LogP contribution in [-0.4, -0.2) is 22.8 Å². The van der Waals surface area contributed by atoms with Crippen molar-refractivity contribution in [2.75, 3.05) is 6.54 Å². The monoisotopic (exact) mass is 235 g/mol. The van der Waals surface area contributed by atoms with E-state index in [4.69, 9.17) is 0 Å². The van der Waals surface area contributed by atoms with Crippen molar-refractivity contribution in [3.8, 4) is 0 Å². The highest BCUT2D eigenvalue weighted by atomic mass is 19.1. The van der Waals surface area contributed by atoms with Gasteiger partial charge in [0.2, 0.25) is 0 Å². The number of carbonyl (C=O) groups excluding carboxylic acids is 1. The van der Waals surface area contributed by atoms with Crippen molar-refractivity contribution in [1.82, 2.24) is 4.90 Å². The topological polar surface area (TPSA) is 20.3 Å². The Morgan fingerprint density at radius 3 is 2.53 bits per heavy atom. The molecule has 3 heteroatoms. The van der Waals surface area contributed by atoms with E-state index in [-0.39, 0.29) is 11.4 Å². The van der Waals surface area contributed by atoms with E-state index in [2.05, 4.69) is 18.7 Å². The number of benzene rings is 1. The highest BCUT2D eigenvalue weighted by Crippen LogP contribution is 2.27. The Kier molecular flexibility index (Phi) is 3.29. The van der Waals surface area contributed by atoms with Crippen LogP contribution in [0.2, 0.25) is 0 Å². The molecule has 0 bridgehead atoms. The van der Waals surface area contributed by atoms with Crippen LogP contribution in [0.25, 0.3) is 0 Å². The molecule has 1 aliphatic heterocycles. The average Bonchev–Trinajstić information content (AvgIpc) is 2.24. The minimum atomic E-state index is -0.207. The van der Waals surface area contributed by atoms with E-state index in [0.717, 1.165) is 18.7 Å². The third kappa shape index (κ3) is 2.91. The molecule has 1 fully saturated rings. The number of hydrogen-bond donors (Lipinski definition) is 0. The molecule has 0 unspecified atom stereocenters. The highest BCUT2D eigenvalue weighted by molar-refractivity contribution is 5.80. The van der Waals surface area contributed by atoms with Crippen LogP contribution in [0.4, 0.5) is 4.39 Å². The van der Waals surface area contributed by atoms with Crippen LogP contribution < -0.4 is 0 Å². The van der Waals surface area contributed by atoms with Crippen LogP contribution in [0.15, 0.2) is 24.3 Å². The van der Waals surface area contributed by atoms with E-state index < -0.39 is 0 Å². The molecule has 0 N–H and O–H groups in total. The molecule has 1 aromatic rings. The largest absolute Gasteiger partial charge is 0.300 e. The van der Waals surface area contributed by atoms with Crippen LogP contribution in [0.3, 0.4) is 0 Å². The lowest BCUT2D eigenvalue weighted by Crippen LogP contribution is -2.49. The first-order valence-corrected chi connectivity index (χ1v) is 5.98. The second-order valence-electron chi connectivity index (χ2n) is 5.33. The minimum Gasteiger partial charge on any atom is -0.300 e. The Morgan fingerprint density at radius 2 is 1.94 bits per heavy atom. The molecule has 2 nitrogen and oxygen atoms in total. The van der Waals surface area contributed by atoms with Gasteiger partial charge in [-0.3, -0.25) is 9.69 Å². The van der Waals surface area contributed by atoms with E-state index >= 15 is 0 Å². The summed E-state index contributed by atoms with van der Waals surface area (Å²) in [5.41, 5.74) is 0.998. The van der Waals surface area contributed by atoms with Crippen molar-refractivity contribution in [2.24, 2.45) is 0 Å². The highest BCUT2D eigenvalue weighted by Gasteiger charge is 2.33. The van der Waals surface area contributed by atoms with Gasteiger partial charge in [0.15, 0.2) is 0 Å². The zero-order valence-corrected chi connectivity index (χ0v) is 10.4. The van der Waals surface area contributed by atoms with Gasteiger partial charge in [-0.1, -0.05) is 12.1 Å². The third-order valence-electron chi connectivity index (χ3n) is 3.43. The van der Waals surface area contributed by atoms with Gasteiger partial charge in [-0.25, -0.2) is 4.39 Å².